The summed E-state index contributed by atoms with van der Waals surface area (Å²) >= 11 is 4.13. The molecule has 0 nitrogen and oxygen atoms in total. The third kappa shape index (κ3) is 1.16. The van der Waals surface area contributed by atoms with Gasteiger partial charge in [-0.15, -0.1) is 11.3 Å². The van der Waals surface area contributed by atoms with E-state index in [4.69, 9.17) is 0 Å². The van der Waals surface area contributed by atoms with Crippen LogP contribution in [0.1, 0.15) is 5.56 Å². The van der Waals surface area contributed by atoms with Crippen molar-refractivity contribution in [2.45, 2.75) is 6.92 Å². The molecule has 0 radical (unpaired) electrons. The Labute approximate surface area is 60.7 Å². The lowest BCUT2D eigenvalue weighted by molar-refractivity contribution is 1.53. The molecular formula is C5H5IS. The van der Waals surface area contributed by atoms with Crippen LogP contribution in [0.2, 0.25) is 0 Å². The van der Waals surface area contributed by atoms with E-state index in [2.05, 4.69) is 41.0 Å². The SMILES string of the molecule is Cc1ccsc1I. The highest BCUT2D eigenvalue weighted by atomic mass is 127. The molecule has 0 bridgehead atoms. The van der Waals surface area contributed by atoms with Gasteiger partial charge in [0, 0.05) is 0 Å². The Kier molecular flexibility index (Phi) is 1.69. The molecule has 0 spiro atoms. The molecule has 1 aromatic heterocycles. The molecule has 2 heteroatoms. The van der Waals surface area contributed by atoms with Crippen molar-refractivity contribution >= 4 is 33.9 Å². The molecule has 0 amide bonds. The Morgan fingerprint density at radius 1 is 1.71 bits per heavy atom. The molecule has 38 valence electrons. The van der Waals surface area contributed by atoms with Crippen molar-refractivity contribution in [1.82, 2.24) is 0 Å². The Morgan fingerprint density at radius 2 is 2.43 bits per heavy atom. The molecule has 1 aromatic rings. The topological polar surface area (TPSA) is 0 Å². The van der Waals surface area contributed by atoms with Crippen molar-refractivity contribution in [2.75, 3.05) is 0 Å². The van der Waals surface area contributed by atoms with Gasteiger partial charge < -0.3 is 0 Å². The van der Waals surface area contributed by atoms with Crippen LogP contribution in [-0.4, -0.2) is 0 Å². The van der Waals surface area contributed by atoms with Crippen LogP contribution in [0.3, 0.4) is 0 Å². The number of halogens is 1. The van der Waals surface area contributed by atoms with Gasteiger partial charge in [-0.3, -0.25) is 0 Å². The van der Waals surface area contributed by atoms with Gasteiger partial charge in [-0.25, -0.2) is 0 Å². The molecule has 0 unspecified atom stereocenters. The molecule has 0 aromatic carbocycles. The number of rotatable bonds is 0. The number of hydrogen-bond donors (Lipinski definition) is 0. The van der Waals surface area contributed by atoms with E-state index in [9.17, 15) is 0 Å². The van der Waals surface area contributed by atoms with Gasteiger partial charge >= 0.3 is 0 Å². The van der Waals surface area contributed by atoms with E-state index in [-0.39, 0.29) is 0 Å². The minimum absolute atomic E-state index is 1.39. The second-order valence-corrected chi connectivity index (χ2v) is 4.10. The largest absolute Gasteiger partial charge is 0.138 e. The molecule has 1 rings (SSSR count). The molecule has 0 atom stereocenters. The molecule has 0 fully saturated rings. The summed E-state index contributed by atoms with van der Waals surface area (Å²) in [6.45, 7) is 2.12. The van der Waals surface area contributed by atoms with Gasteiger partial charge in [-0.1, -0.05) is 0 Å². The summed E-state index contributed by atoms with van der Waals surface area (Å²) in [5.74, 6) is 0. The Bertz CT molecular complexity index is 140. The van der Waals surface area contributed by atoms with Gasteiger partial charge in [-0.2, -0.15) is 0 Å². The lowest BCUT2D eigenvalue weighted by Crippen LogP contribution is -1.60. The monoisotopic (exact) mass is 224 g/mol. The van der Waals surface area contributed by atoms with E-state index in [1.54, 1.807) is 11.3 Å². The van der Waals surface area contributed by atoms with Crippen molar-refractivity contribution in [3.8, 4) is 0 Å². The van der Waals surface area contributed by atoms with Gasteiger partial charge in [0.25, 0.3) is 0 Å². The zero-order chi connectivity index (χ0) is 5.28. The molecule has 0 aliphatic carbocycles. The molecule has 0 saturated carbocycles. The smallest absolute Gasteiger partial charge is 0.0682 e. The third-order valence-corrected chi connectivity index (χ3v) is 3.21. The van der Waals surface area contributed by atoms with Gasteiger partial charge in [0.2, 0.25) is 0 Å². The van der Waals surface area contributed by atoms with Gasteiger partial charge in [0.1, 0.15) is 0 Å². The van der Waals surface area contributed by atoms with Crippen LogP contribution >= 0.6 is 33.9 Å². The van der Waals surface area contributed by atoms with Crippen LogP contribution in [0.25, 0.3) is 0 Å². The zero-order valence-corrected chi connectivity index (χ0v) is 6.91. The van der Waals surface area contributed by atoms with Crippen molar-refractivity contribution in [3.63, 3.8) is 0 Å². The molecule has 0 aliphatic heterocycles. The highest BCUT2D eigenvalue weighted by molar-refractivity contribution is 14.1. The summed E-state index contributed by atoms with van der Waals surface area (Å²) in [5.41, 5.74) is 1.39. The third-order valence-electron chi connectivity index (χ3n) is 0.800. The number of aryl methyl sites for hydroxylation is 1. The highest BCUT2D eigenvalue weighted by Gasteiger charge is 1.89. The van der Waals surface area contributed by atoms with Crippen LogP contribution in [0, 0.1) is 9.81 Å². The maximum absolute atomic E-state index is 2.34. The first-order valence-electron chi connectivity index (χ1n) is 2.00. The van der Waals surface area contributed by atoms with Crippen molar-refractivity contribution < 1.29 is 0 Å². The quantitative estimate of drug-likeness (QED) is 0.594. The minimum atomic E-state index is 1.39. The van der Waals surface area contributed by atoms with Gasteiger partial charge in [0.15, 0.2) is 0 Å². The van der Waals surface area contributed by atoms with Crippen LogP contribution in [0.15, 0.2) is 11.4 Å². The van der Waals surface area contributed by atoms with E-state index in [1.165, 1.54) is 8.45 Å². The second-order valence-electron chi connectivity index (χ2n) is 1.38. The summed E-state index contributed by atoms with van der Waals surface area (Å²) in [6, 6.07) is 2.13. The highest BCUT2D eigenvalue weighted by Crippen LogP contribution is 2.16. The molecular weight excluding hydrogens is 219 g/mol. The zero-order valence-electron chi connectivity index (χ0n) is 3.94. The summed E-state index contributed by atoms with van der Waals surface area (Å²) in [4.78, 5) is 0. The predicted molar refractivity (Wildman–Crippen MR) is 41.8 cm³/mol. The molecule has 1 heterocycles. The predicted octanol–water partition coefficient (Wildman–Crippen LogP) is 2.66. The van der Waals surface area contributed by atoms with E-state index in [1.807, 2.05) is 0 Å². The van der Waals surface area contributed by atoms with Crippen molar-refractivity contribution in [2.24, 2.45) is 0 Å². The molecule has 0 N–H and O–H groups in total. The lowest BCUT2D eigenvalue weighted by atomic mass is 10.4. The van der Waals surface area contributed by atoms with Crippen LogP contribution in [0.5, 0.6) is 0 Å². The van der Waals surface area contributed by atoms with Gasteiger partial charge in [0.05, 0.1) is 2.88 Å². The van der Waals surface area contributed by atoms with Crippen molar-refractivity contribution in [3.05, 3.63) is 19.9 Å². The second kappa shape index (κ2) is 2.13. The summed E-state index contributed by atoms with van der Waals surface area (Å²) in [7, 11) is 0. The Hall–Kier alpha value is 0.430. The first-order chi connectivity index (χ1) is 3.30. The first-order valence-corrected chi connectivity index (χ1v) is 3.96. The lowest BCUT2D eigenvalue weighted by Gasteiger charge is -1.77. The van der Waals surface area contributed by atoms with Crippen LogP contribution in [-0.2, 0) is 0 Å². The number of thiophene rings is 1. The fourth-order valence-corrected chi connectivity index (χ4v) is 1.62. The number of hydrogen-bond acceptors (Lipinski definition) is 1. The Morgan fingerprint density at radius 3 is 2.57 bits per heavy atom. The standard InChI is InChI=1S/C5H5IS/c1-4-2-3-7-5(4)6/h2-3H,1H3. The van der Waals surface area contributed by atoms with E-state index in [0.29, 0.717) is 0 Å². The van der Waals surface area contributed by atoms with E-state index < -0.39 is 0 Å². The molecule has 7 heavy (non-hydrogen) atoms. The maximum Gasteiger partial charge on any atom is 0.0682 e. The van der Waals surface area contributed by atoms with E-state index >= 15 is 0 Å². The Balaban J connectivity index is 3.12. The van der Waals surface area contributed by atoms with E-state index in [0.717, 1.165) is 0 Å². The summed E-state index contributed by atoms with van der Waals surface area (Å²) < 4.78 is 1.40. The fourth-order valence-electron chi connectivity index (χ4n) is 0.354. The average Bonchev–Trinajstić information content (AvgIpc) is 1.91. The minimum Gasteiger partial charge on any atom is -0.138 e. The fraction of sp³-hybridized carbons (Fsp3) is 0.200. The van der Waals surface area contributed by atoms with Crippen LogP contribution < -0.4 is 0 Å². The molecule has 0 saturated heterocycles. The summed E-state index contributed by atoms with van der Waals surface area (Å²) in [6.07, 6.45) is 0. The summed E-state index contributed by atoms with van der Waals surface area (Å²) in [5, 5.41) is 2.11. The van der Waals surface area contributed by atoms with Crippen LogP contribution in [0.4, 0.5) is 0 Å². The molecule has 0 aliphatic rings. The average molecular weight is 224 g/mol. The normalized spacial score (nSPS) is 9.43. The maximum atomic E-state index is 2.34. The first kappa shape index (κ1) is 5.56. The van der Waals surface area contributed by atoms with Gasteiger partial charge in [-0.05, 0) is 46.5 Å². The van der Waals surface area contributed by atoms with Crippen molar-refractivity contribution in [1.29, 1.82) is 0 Å².